The molecule has 1 atom stereocenters. The second-order valence-electron chi connectivity index (χ2n) is 5.51. The van der Waals surface area contributed by atoms with Crippen LogP contribution >= 0.6 is 0 Å². The Morgan fingerprint density at radius 2 is 2.22 bits per heavy atom. The Morgan fingerprint density at radius 1 is 1.44 bits per heavy atom. The molecule has 0 aliphatic heterocycles. The first-order chi connectivity index (χ1) is 8.60. The summed E-state index contributed by atoms with van der Waals surface area (Å²) < 4.78 is 0. The van der Waals surface area contributed by atoms with Gasteiger partial charge in [-0.15, -0.1) is 0 Å². The van der Waals surface area contributed by atoms with Gasteiger partial charge >= 0.3 is 5.97 Å². The molecule has 0 amide bonds. The Kier molecular flexibility index (Phi) is 2.44. The van der Waals surface area contributed by atoms with Gasteiger partial charge in [-0.1, -0.05) is 25.1 Å². The highest BCUT2D eigenvalue weighted by molar-refractivity contribution is 5.85. The normalized spacial score (nSPS) is 22.9. The standard InChI is InChI=1S/C15H17NO2/c1-15(9-13(17)18)8-4-6-11-10-5-2-3-7-12(10)16-14(11)15/h2-3,5,7,16H,4,6,8-9H2,1H3,(H,17,18)/t15-/m0/s1. The predicted molar refractivity (Wildman–Crippen MR) is 70.8 cm³/mol. The van der Waals surface area contributed by atoms with Crippen molar-refractivity contribution < 1.29 is 9.90 Å². The predicted octanol–water partition coefficient (Wildman–Crippen LogP) is 3.24. The lowest BCUT2D eigenvalue weighted by Gasteiger charge is -2.32. The van der Waals surface area contributed by atoms with Crippen LogP contribution in [0.4, 0.5) is 0 Å². The number of benzene rings is 1. The fourth-order valence-corrected chi connectivity index (χ4v) is 3.27. The van der Waals surface area contributed by atoms with Gasteiger partial charge in [0, 0.05) is 22.0 Å². The maximum Gasteiger partial charge on any atom is 0.304 e. The van der Waals surface area contributed by atoms with E-state index in [1.54, 1.807) is 0 Å². The zero-order chi connectivity index (χ0) is 12.8. The van der Waals surface area contributed by atoms with Crippen LogP contribution < -0.4 is 0 Å². The third-order valence-corrected chi connectivity index (χ3v) is 4.11. The molecule has 2 aromatic rings. The highest BCUT2D eigenvalue weighted by atomic mass is 16.4. The Bertz CT molecular complexity index is 614. The van der Waals surface area contributed by atoms with E-state index in [0.29, 0.717) is 0 Å². The fourth-order valence-electron chi connectivity index (χ4n) is 3.27. The van der Waals surface area contributed by atoms with Crippen LogP contribution in [0.3, 0.4) is 0 Å². The van der Waals surface area contributed by atoms with Crippen molar-refractivity contribution in [1.82, 2.24) is 4.98 Å². The summed E-state index contributed by atoms with van der Waals surface area (Å²) in [5.74, 6) is -0.719. The first kappa shape index (κ1) is 11.3. The van der Waals surface area contributed by atoms with Gasteiger partial charge in [-0.25, -0.2) is 0 Å². The lowest BCUT2D eigenvalue weighted by atomic mass is 9.72. The van der Waals surface area contributed by atoms with Gasteiger partial charge in [-0.3, -0.25) is 4.79 Å². The summed E-state index contributed by atoms with van der Waals surface area (Å²) in [6.45, 7) is 2.06. The van der Waals surface area contributed by atoms with E-state index in [0.717, 1.165) is 30.5 Å². The molecule has 18 heavy (non-hydrogen) atoms. The largest absolute Gasteiger partial charge is 0.481 e. The molecule has 94 valence electrons. The van der Waals surface area contributed by atoms with Crippen LogP contribution in [0, 0.1) is 0 Å². The van der Waals surface area contributed by atoms with E-state index < -0.39 is 5.97 Å². The summed E-state index contributed by atoms with van der Waals surface area (Å²) in [5, 5.41) is 10.4. The van der Waals surface area contributed by atoms with Crippen molar-refractivity contribution in [2.75, 3.05) is 0 Å². The van der Waals surface area contributed by atoms with E-state index in [1.807, 2.05) is 12.1 Å². The lowest BCUT2D eigenvalue weighted by Crippen LogP contribution is -2.30. The quantitative estimate of drug-likeness (QED) is 0.850. The average Bonchev–Trinajstić information content (AvgIpc) is 2.69. The minimum atomic E-state index is -0.719. The Morgan fingerprint density at radius 3 is 3.00 bits per heavy atom. The Balaban J connectivity index is 2.18. The van der Waals surface area contributed by atoms with E-state index in [2.05, 4.69) is 24.0 Å². The highest BCUT2D eigenvalue weighted by Crippen LogP contribution is 2.42. The maximum atomic E-state index is 11.1. The van der Waals surface area contributed by atoms with Gasteiger partial charge in [0.2, 0.25) is 0 Å². The molecule has 2 N–H and O–H groups in total. The fraction of sp³-hybridized carbons (Fsp3) is 0.400. The molecule has 1 aromatic carbocycles. The molecule has 0 bridgehead atoms. The van der Waals surface area contributed by atoms with Gasteiger partial charge in [0.25, 0.3) is 0 Å². The van der Waals surface area contributed by atoms with Gasteiger partial charge in [0.1, 0.15) is 0 Å². The first-order valence-electron chi connectivity index (χ1n) is 6.42. The molecule has 1 aliphatic rings. The molecule has 1 aromatic heterocycles. The number of aromatic amines is 1. The van der Waals surface area contributed by atoms with Crippen molar-refractivity contribution >= 4 is 16.9 Å². The van der Waals surface area contributed by atoms with Crippen LogP contribution in [0.25, 0.3) is 10.9 Å². The van der Waals surface area contributed by atoms with Gasteiger partial charge in [-0.05, 0) is 30.9 Å². The second kappa shape index (κ2) is 3.87. The third-order valence-electron chi connectivity index (χ3n) is 4.11. The number of H-pyrrole nitrogens is 1. The smallest absolute Gasteiger partial charge is 0.304 e. The summed E-state index contributed by atoms with van der Waals surface area (Å²) >= 11 is 0. The van der Waals surface area contributed by atoms with Crippen LogP contribution in [0.1, 0.15) is 37.4 Å². The van der Waals surface area contributed by atoms with E-state index >= 15 is 0 Å². The minimum absolute atomic E-state index is 0.201. The van der Waals surface area contributed by atoms with Crippen molar-refractivity contribution in [3.63, 3.8) is 0 Å². The third kappa shape index (κ3) is 1.62. The van der Waals surface area contributed by atoms with Crippen LogP contribution in [0.5, 0.6) is 0 Å². The van der Waals surface area contributed by atoms with Crippen LogP contribution in [0.2, 0.25) is 0 Å². The number of para-hydroxylation sites is 1. The molecule has 3 heteroatoms. The Labute approximate surface area is 106 Å². The summed E-state index contributed by atoms with van der Waals surface area (Å²) in [4.78, 5) is 14.5. The van der Waals surface area contributed by atoms with Gasteiger partial charge in [0.15, 0.2) is 0 Å². The molecule has 1 heterocycles. The molecular formula is C15H17NO2. The maximum absolute atomic E-state index is 11.1. The molecule has 0 saturated heterocycles. The highest BCUT2D eigenvalue weighted by Gasteiger charge is 2.36. The van der Waals surface area contributed by atoms with E-state index in [9.17, 15) is 4.79 Å². The summed E-state index contributed by atoms with van der Waals surface area (Å²) in [7, 11) is 0. The molecule has 0 radical (unpaired) electrons. The molecular weight excluding hydrogens is 226 g/mol. The SMILES string of the molecule is C[C@@]1(CC(=O)O)CCCc2c1[nH]c1ccccc21. The number of aromatic nitrogens is 1. The summed E-state index contributed by atoms with van der Waals surface area (Å²) in [6.07, 6.45) is 3.26. The van der Waals surface area contributed by atoms with E-state index in [-0.39, 0.29) is 11.8 Å². The van der Waals surface area contributed by atoms with Gasteiger partial charge in [-0.2, -0.15) is 0 Å². The zero-order valence-electron chi connectivity index (χ0n) is 10.5. The minimum Gasteiger partial charge on any atom is -0.481 e. The first-order valence-corrected chi connectivity index (χ1v) is 6.42. The zero-order valence-corrected chi connectivity index (χ0v) is 10.5. The van der Waals surface area contributed by atoms with E-state index in [1.165, 1.54) is 10.9 Å². The number of carboxylic acids is 1. The number of nitrogens with one attached hydrogen (secondary N) is 1. The number of hydrogen-bond acceptors (Lipinski definition) is 1. The molecule has 3 rings (SSSR count). The summed E-state index contributed by atoms with van der Waals surface area (Å²) in [5.41, 5.74) is 3.33. The van der Waals surface area contributed by atoms with Crippen LogP contribution in [0.15, 0.2) is 24.3 Å². The topological polar surface area (TPSA) is 53.1 Å². The average molecular weight is 243 g/mol. The van der Waals surface area contributed by atoms with Crippen molar-refractivity contribution in [3.05, 3.63) is 35.5 Å². The molecule has 0 unspecified atom stereocenters. The molecule has 1 aliphatic carbocycles. The monoisotopic (exact) mass is 243 g/mol. The van der Waals surface area contributed by atoms with Crippen molar-refractivity contribution in [2.24, 2.45) is 0 Å². The second-order valence-corrected chi connectivity index (χ2v) is 5.51. The van der Waals surface area contributed by atoms with Crippen molar-refractivity contribution in [2.45, 2.75) is 38.0 Å². The molecule has 0 spiro atoms. The van der Waals surface area contributed by atoms with Gasteiger partial charge in [0.05, 0.1) is 6.42 Å². The number of aryl methyl sites for hydroxylation is 1. The van der Waals surface area contributed by atoms with Crippen molar-refractivity contribution in [1.29, 1.82) is 0 Å². The molecule has 3 nitrogen and oxygen atoms in total. The van der Waals surface area contributed by atoms with Crippen molar-refractivity contribution in [3.8, 4) is 0 Å². The van der Waals surface area contributed by atoms with Crippen LogP contribution in [-0.4, -0.2) is 16.1 Å². The number of aliphatic carboxylic acids is 1. The number of carboxylic acid groups (broad SMARTS) is 1. The van der Waals surface area contributed by atoms with E-state index in [4.69, 9.17) is 5.11 Å². The number of fused-ring (bicyclic) bond motifs is 3. The molecule has 0 saturated carbocycles. The van der Waals surface area contributed by atoms with Gasteiger partial charge < -0.3 is 10.1 Å². The number of carbonyl (C=O) groups is 1. The number of hydrogen-bond donors (Lipinski definition) is 2. The van der Waals surface area contributed by atoms with Crippen LogP contribution in [-0.2, 0) is 16.6 Å². The lowest BCUT2D eigenvalue weighted by molar-refractivity contribution is -0.138. The Hall–Kier alpha value is -1.77. The number of rotatable bonds is 2. The molecule has 0 fully saturated rings. The summed E-state index contributed by atoms with van der Waals surface area (Å²) in [6, 6.07) is 8.24.